The maximum absolute atomic E-state index is 10.9. The Balaban J connectivity index is 3.21. The van der Waals surface area contributed by atoms with Crippen LogP contribution in [0.5, 0.6) is 5.75 Å². The van der Waals surface area contributed by atoms with Crippen LogP contribution in [0.3, 0.4) is 0 Å². The van der Waals surface area contributed by atoms with E-state index in [-0.39, 0.29) is 5.41 Å². The first-order chi connectivity index (χ1) is 8.41. The second-order valence-corrected chi connectivity index (χ2v) is 5.08. The summed E-state index contributed by atoms with van der Waals surface area (Å²) >= 11 is 0. The zero-order valence-electron chi connectivity index (χ0n) is 11.4. The van der Waals surface area contributed by atoms with Gasteiger partial charge in [-0.25, -0.2) is 0 Å². The average Bonchev–Trinajstić information content (AvgIpc) is 2.37. The molecule has 0 saturated heterocycles. The summed E-state index contributed by atoms with van der Waals surface area (Å²) in [4.78, 5) is 0. The lowest BCUT2D eigenvalue weighted by Crippen LogP contribution is -2.39. The lowest BCUT2D eigenvalue weighted by molar-refractivity contribution is -0.0277. The van der Waals surface area contributed by atoms with Gasteiger partial charge in [-0.2, -0.15) is 0 Å². The van der Waals surface area contributed by atoms with Gasteiger partial charge in [-0.05, 0) is 24.1 Å². The van der Waals surface area contributed by atoms with Gasteiger partial charge in [-0.15, -0.1) is 6.58 Å². The molecular formula is C16H22O2. The van der Waals surface area contributed by atoms with Crippen LogP contribution >= 0.6 is 0 Å². The fourth-order valence-corrected chi connectivity index (χ4v) is 2.15. The minimum atomic E-state index is -1.09. The SMILES string of the molecule is C=CCC(C)(C)C(O)(C=C)c1ccc(OC)cc1. The third-order valence-electron chi connectivity index (χ3n) is 3.51. The summed E-state index contributed by atoms with van der Waals surface area (Å²) in [6, 6.07) is 7.41. The molecule has 1 rings (SSSR count). The third kappa shape index (κ3) is 2.49. The zero-order chi connectivity index (χ0) is 13.8. The second-order valence-electron chi connectivity index (χ2n) is 5.08. The van der Waals surface area contributed by atoms with Gasteiger partial charge in [0.15, 0.2) is 0 Å². The predicted molar refractivity (Wildman–Crippen MR) is 75.7 cm³/mol. The van der Waals surface area contributed by atoms with E-state index in [1.807, 2.05) is 44.2 Å². The van der Waals surface area contributed by atoms with Crippen molar-refractivity contribution < 1.29 is 9.84 Å². The molecule has 2 heteroatoms. The molecule has 0 aliphatic carbocycles. The number of rotatable bonds is 6. The van der Waals surface area contributed by atoms with E-state index in [4.69, 9.17) is 4.74 Å². The van der Waals surface area contributed by atoms with Gasteiger partial charge in [0.2, 0.25) is 0 Å². The molecule has 18 heavy (non-hydrogen) atoms. The van der Waals surface area contributed by atoms with Crippen molar-refractivity contribution in [1.29, 1.82) is 0 Å². The van der Waals surface area contributed by atoms with Gasteiger partial charge in [0.05, 0.1) is 7.11 Å². The topological polar surface area (TPSA) is 29.5 Å². The van der Waals surface area contributed by atoms with Crippen LogP contribution in [0.2, 0.25) is 0 Å². The molecule has 1 aromatic rings. The van der Waals surface area contributed by atoms with E-state index in [1.165, 1.54) is 0 Å². The molecule has 0 bridgehead atoms. The first-order valence-corrected chi connectivity index (χ1v) is 6.02. The second kappa shape index (κ2) is 5.40. The van der Waals surface area contributed by atoms with Crippen molar-refractivity contribution in [2.24, 2.45) is 5.41 Å². The van der Waals surface area contributed by atoms with Crippen molar-refractivity contribution in [1.82, 2.24) is 0 Å². The molecule has 0 aromatic heterocycles. The van der Waals surface area contributed by atoms with Crippen LogP contribution in [0.15, 0.2) is 49.6 Å². The highest BCUT2D eigenvalue weighted by molar-refractivity contribution is 5.35. The van der Waals surface area contributed by atoms with Crippen molar-refractivity contribution >= 4 is 0 Å². The van der Waals surface area contributed by atoms with Crippen molar-refractivity contribution in [3.05, 3.63) is 55.1 Å². The van der Waals surface area contributed by atoms with E-state index in [2.05, 4.69) is 13.2 Å². The Kier molecular flexibility index (Phi) is 4.36. The summed E-state index contributed by atoms with van der Waals surface area (Å²) in [5.74, 6) is 0.770. The first kappa shape index (κ1) is 14.5. The molecule has 1 atom stereocenters. The summed E-state index contributed by atoms with van der Waals surface area (Å²) < 4.78 is 5.12. The normalized spacial score (nSPS) is 14.7. The minimum absolute atomic E-state index is 0.370. The van der Waals surface area contributed by atoms with Crippen LogP contribution in [0, 0.1) is 5.41 Å². The quantitative estimate of drug-likeness (QED) is 0.776. The van der Waals surface area contributed by atoms with Gasteiger partial charge in [-0.3, -0.25) is 0 Å². The Morgan fingerprint density at radius 1 is 1.22 bits per heavy atom. The lowest BCUT2D eigenvalue weighted by Gasteiger charge is -2.40. The number of methoxy groups -OCH3 is 1. The molecule has 0 amide bonds. The zero-order valence-corrected chi connectivity index (χ0v) is 11.4. The van der Waals surface area contributed by atoms with Gasteiger partial charge in [0, 0.05) is 5.41 Å². The van der Waals surface area contributed by atoms with Crippen molar-refractivity contribution in [2.45, 2.75) is 25.9 Å². The molecule has 1 N–H and O–H groups in total. The van der Waals surface area contributed by atoms with E-state index < -0.39 is 5.60 Å². The molecule has 0 aliphatic heterocycles. The Morgan fingerprint density at radius 3 is 2.17 bits per heavy atom. The Labute approximate surface area is 110 Å². The van der Waals surface area contributed by atoms with Crippen LogP contribution in [-0.4, -0.2) is 12.2 Å². The van der Waals surface area contributed by atoms with E-state index in [9.17, 15) is 5.11 Å². The minimum Gasteiger partial charge on any atom is -0.497 e. The number of hydrogen-bond acceptors (Lipinski definition) is 2. The maximum Gasteiger partial charge on any atom is 0.118 e. The molecule has 1 unspecified atom stereocenters. The van der Waals surface area contributed by atoms with Crippen molar-refractivity contribution in [2.75, 3.05) is 7.11 Å². The number of hydrogen-bond donors (Lipinski definition) is 1. The summed E-state index contributed by atoms with van der Waals surface area (Å²) in [5.41, 5.74) is -0.649. The lowest BCUT2D eigenvalue weighted by atomic mass is 9.69. The Bertz CT molecular complexity index is 417. The van der Waals surface area contributed by atoms with Crippen molar-refractivity contribution in [3.63, 3.8) is 0 Å². The molecule has 0 spiro atoms. The van der Waals surface area contributed by atoms with E-state index in [1.54, 1.807) is 13.2 Å². The van der Waals surface area contributed by atoms with Crippen LogP contribution in [-0.2, 0) is 5.60 Å². The molecule has 98 valence electrons. The molecule has 2 nitrogen and oxygen atoms in total. The molecular weight excluding hydrogens is 224 g/mol. The fourth-order valence-electron chi connectivity index (χ4n) is 2.15. The number of aliphatic hydroxyl groups is 1. The molecule has 1 aromatic carbocycles. The third-order valence-corrected chi connectivity index (χ3v) is 3.51. The Morgan fingerprint density at radius 2 is 1.78 bits per heavy atom. The maximum atomic E-state index is 10.9. The van der Waals surface area contributed by atoms with E-state index in [0.29, 0.717) is 6.42 Å². The largest absolute Gasteiger partial charge is 0.497 e. The number of allylic oxidation sites excluding steroid dienone is 1. The van der Waals surface area contributed by atoms with E-state index in [0.717, 1.165) is 11.3 Å². The highest BCUT2D eigenvalue weighted by Gasteiger charge is 2.41. The van der Waals surface area contributed by atoms with Crippen molar-refractivity contribution in [3.8, 4) is 5.75 Å². The highest BCUT2D eigenvalue weighted by atomic mass is 16.5. The van der Waals surface area contributed by atoms with Gasteiger partial charge in [0.25, 0.3) is 0 Å². The van der Waals surface area contributed by atoms with E-state index >= 15 is 0 Å². The fraction of sp³-hybridized carbons (Fsp3) is 0.375. The van der Waals surface area contributed by atoms with Gasteiger partial charge in [-0.1, -0.05) is 44.7 Å². The summed E-state index contributed by atoms with van der Waals surface area (Å²) in [7, 11) is 1.62. The van der Waals surface area contributed by atoms with Crippen LogP contribution < -0.4 is 4.74 Å². The highest BCUT2D eigenvalue weighted by Crippen LogP contribution is 2.43. The van der Waals surface area contributed by atoms with Crippen LogP contribution in [0.1, 0.15) is 25.8 Å². The monoisotopic (exact) mass is 246 g/mol. The van der Waals surface area contributed by atoms with Gasteiger partial charge in [0.1, 0.15) is 11.4 Å². The molecule has 0 saturated carbocycles. The summed E-state index contributed by atoms with van der Waals surface area (Å²) in [6.07, 6.45) is 4.11. The predicted octanol–water partition coefficient (Wildman–Crippen LogP) is 3.67. The Hall–Kier alpha value is -1.54. The summed E-state index contributed by atoms with van der Waals surface area (Å²) in [6.45, 7) is 11.5. The molecule has 0 fully saturated rings. The molecule has 0 aliphatic rings. The molecule has 0 heterocycles. The summed E-state index contributed by atoms with van der Waals surface area (Å²) in [5, 5.41) is 10.9. The molecule has 0 radical (unpaired) electrons. The number of benzene rings is 1. The first-order valence-electron chi connectivity index (χ1n) is 6.02. The standard InChI is InChI=1S/C16H22O2/c1-6-12-15(3,4)16(17,7-2)13-8-10-14(18-5)11-9-13/h6-11,17H,1-2,12H2,3-5H3. The number of ether oxygens (including phenoxy) is 1. The van der Waals surface area contributed by atoms with Gasteiger partial charge >= 0.3 is 0 Å². The van der Waals surface area contributed by atoms with Crippen LogP contribution in [0.4, 0.5) is 0 Å². The average molecular weight is 246 g/mol. The van der Waals surface area contributed by atoms with Gasteiger partial charge < -0.3 is 9.84 Å². The van der Waals surface area contributed by atoms with Crippen LogP contribution in [0.25, 0.3) is 0 Å². The smallest absolute Gasteiger partial charge is 0.118 e.